The van der Waals surface area contributed by atoms with Gasteiger partial charge < -0.3 is 15.5 Å². The van der Waals surface area contributed by atoms with Crippen LogP contribution in [0, 0.1) is 12.7 Å². The molecular formula is C20H22FN5O3. The topological polar surface area (TPSA) is 113 Å². The zero-order valence-corrected chi connectivity index (χ0v) is 16.3. The molecule has 0 saturated carbocycles. The number of benzene rings is 2. The maximum Gasteiger partial charge on any atom is 0.251 e. The van der Waals surface area contributed by atoms with Gasteiger partial charge >= 0.3 is 0 Å². The summed E-state index contributed by atoms with van der Waals surface area (Å²) in [5.74, 6) is -0.680. The molecule has 3 rings (SSSR count). The molecule has 1 amide bonds. The Labute approximate surface area is 167 Å². The lowest BCUT2D eigenvalue weighted by Gasteiger charge is -2.14. The van der Waals surface area contributed by atoms with Gasteiger partial charge in [0.05, 0.1) is 12.3 Å². The lowest BCUT2D eigenvalue weighted by atomic mass is 9.99. The van der Waals surface area contributed by atoms with Crippen LogP contribution in [-0.2, 0) is 0 Å². The first-order valence-corrected chi connectivity index (χ1v) is 9.10. The van der Waals surface area contributed by atoms with Crippen molar-refractivity contribution in [3.63, 3.8) is 0 Å². The van der Waals surface area contributed by atoms with Gasteiger partial charge in [0.15, 0.2) is 5.82 Å². The standard InChI is InChI=1S/C20H22FN5O3/c1-11-4-5-17(18(21)6-11)14-7-15(20(29)22-12(2)10-27)9-16(8-14)26-19(13(3)28)23-24-25-26/h4-9,12-13,27-28H,10H2,1-3H3,(H,22,29)/t12-,13?/m0/s1. The molecule has 2 atom stereocenters. The number of nitrogens with zero attached hydrogens (tertiary/aromatic N) is 4. The molecule has 3 aromatic rings. The van der Waals surface area contributed by atoms with E-state index < -0.39 is 23.9 Å². The number of carbonyl (C=O) groups excluding carboxylic acids is 1. The summed E-state index contributed by atoms with van der Waals surface area (Å²) in [5.41, 5.74) is 2.17. The highest BCUT2D eigenvalue weighted by Crippen LogP contribution is 2.28. The Kier molecular flexibility index (Phi) is 6.00. The molecule has 0 bridgehead atoms. The summed E-state index contributed by atoms with van der Waals surface area (Å²) in [6.07, 6.45) is -0.948. The molecule has 1 unspecified atom stereocenters. The first kappa shape index (κ1) is 20.6. The minimum atomic E-state index is -0.948. The maximum atomic E-state index is 14.6. The molecule has 9 heteroatoms. The molecule has 152 valence electrons. The van der Waals surface area contributed by atoms with Crippen molar-refractivity contribution in [2.75, 3.05) is 6.61 Å². The highest BCUT2D eigenvalue weighted by molar-refractivity contribution is 5.96. The second-order valence-corrected chi connectivity index (χ2v) is 6.93. The number of hydrogen-bond donors (Lipinski definition) is 3. The Morgan fingerprint density at radius 1 is 1.24 bits per heavy atom. The predicted molar refractivity (Wildman–Crippen MR) is 104 cm³/mol. The number of aryl methyl sites for hydroxylation is 1. The minimum Gasteiger partial charge on any atom is -0.394 e. The predicted octanol–water partition coefficient (Wildman–Crippen LogP) is 1.94. The van der Waals surface area contributed by atoms with Gasteiger partial charge in [0.25, 0.3) is 5.91 Å². The van der Waals surface area contributed by atoms with Crippen LogP contribution < -0.4 is 5.32 Å². The molecule has 1 aromatic heterocycles. The van der Waals surface area contributed by atoms with Gasteiger partial charge in [-0.15, -0.1) is 5.10 Å². The van der Waals surface area contributed by atoms with E-state index in [1.165, 1.54) is 23.7 Å². The maximum absolute atomic E-state index is 14.6. The smallest absolute Gasteiger partial charge is 0.251 e. The van der Waals surface area contributed by atoms with Crippen LogP contribution in [0.1, 0.15) is 41.7 Å². The van der Waals surface area contributed by atoms with E-state index >= 15 is 0 Å². The van der Waals surface area contributed by atoms with Gasteiger partial charge in [0, 0.05) is 17.2 Å². The molecule has 0 radical (unpaired) electrons. The van der Waals surface area contributed by atoms with E-state index in [1.54, 1.807) is 38.1 Å². The molecule has 2 aromatic carbocycles. The summed E-state index contributed by atoms with van der Waals surface area (Å²) < 4.78 is 15.9. The molecule has 3 N–H and O–H groups in total. The van der Waals surface area contributed by atoms with Crippen LogP contribution in [0.4, 0.5) is 4.39 Å². The van der Waals surface area contributed by atoms with Gasteiger partial charge in [-0.3, -0.25) is 4.79 Å². The molecule has 0 saturated heterocycles. The summed E-state index contributed by atoms with van der Waals surface area (Å²) in [7, 11) is 0. The SMILES string of the molecule is Cc1ccc(-c2cc(C(=O)N[C@@H](C)CO)cc(-n3nnnc3C(C)O)c2)c(F)c1. The fourth-order valence-electron chi connectivity index (χ4n) is 2.87. The number of amides is 1. The lowest BCUT2D eigenvalue weighted by molar-refractivity contribution is 0.0922. The van der Waals surface area contributed by atoms with Gasteiger partial charge in [0.2, 0.25) is 0 Å². The summed E-state index contributed by atoms with van der Waals surface area (Å²) in [6.45, 7) is 4.75. The largest absolute Gasteiger partial charge is 0.394 e. The van der Waals surface area contributed by atoms with E-state index in [2.05, 4.69) is 20.8 Å². The molecule has 0 fully saturated rings. The fraction of sp³-hybridized carbons (Fsp3) is 0.300. The van der Waals surface area contributed by atoms with Crippen LogP contribution in [-0.4, -0.2) is 49.0 Å². The first-order chi connectivity index (χ1) is 13.8. The highest BCUT2D eigenvalue weighted by Gasteiger charge is 2.18. The van der Waals surface area contributed by atoms with Crippen LogP contribution >= 0.6 is 0 Å². The number of hydrogen-bond acceptors (Lipinski definition) is 6. The van der Waals surface area contributed by atoms with Gasteiger partial charge in [-0.1, -0.05) is 12.1 Å². The average Bonchev–Trinajstić information content (AvgIpc) is 3.17. The third kappa shape index (κ3) is 4.47. The van der Waals surface area contributed by atoms with Crippen LogP contribution in [0.25, 0.3) is 16.8 Å². The molecule has 1 heterocycles. The third-order valence-corrected chi connectivity index (χ3v) is 4.38. The average molecular weight is 399 g/mol. The van der Waals surface area contributed by atoms with Crippen LogP contribution in [0.5, 0.6) is 0 Å². The quantitative estimate of drug-likeness (QED) is 0.584. The summed E-state index contributed by atoms with van der Waals surface area (Å²) >= 11 is 0. The number of aliphatic hydroxyl groups excluding tert-OH is 2. The van der Waals surface area contributed by atoms with E-state index in [0.29, 0.717) is 16.8 Å². The van der Waals surface area contributed by atoms with E-state index in [1.807, 2.05) is 0 Å². The van der Waals surface area contributed by atoms with Crippen LogP contribution in [0.3, 0.4) is 0 Å². The van der Waals surface area contributed by atoms with Crippen LogP contribution in [0.15, 0.2) is 36.4 Å². The number of nitrogens with one attached hydrogen (secondary N) is 1. The first-order valence-electron chi connectivity index (χ1n) is 9.10. The van der Waals surface area contributed by atoms with Crippen molar-refractivity contribution in [1.82, 2.24) is 25.5 Å². The number of halogens is 1. The number of rotatable bonds is 6. The van der Waals surface area contributed by atoms with E-state index in [9.17, 15) is 19.4 Å². The Hall–Kier alpha value is -3.17. The Bertz CT molecular complexity index is 1030. The zero-order valence-electron chi connectivity index (χ0n) is 16.3. The van der Waals surface area contributed by atoms with Crippen molar-refractivity contribution < 1.29 is 19.4 Å². The highest BCUT2D eigenvalue weighted by atomic mass is 19.1. The fourth-order valence-corrected chi connectivity index (χ4v) is 2.87. The molecular weight excluding hydrogens is 377 g/mol. The second kappa shape index (κ2) is 8.46. The second-order valence-electron chi connectivity index (χ2n) is 6.93. The van der Waals surface area contributed by atoms with Crippen LogP contribution in [0.2, 0.25) is 0 Å². The normalized spacial score (nSPS) is 13.2. The van der Waals surface area contributed by atoms with Crippen molar-refractivity contribution in [3.05, 3.63) is 59.2 Å². The van der Waals surface area contributed by atoms with E-state index in [0.717, 1.165) is 5.56 Å². The summed E-state index contributed by atoms with van der Waals surface area (Å²) in [5, 5.41) is 33.1. The Balaban J connectivity index is 2.16. The van der Waals surface area contributed by atoms with Gasteiger partial charge in [-0.05, 0) is 66.6 Å². The van der Waals surface area contributed by atoms with Crippen molar-refractivity contribution in [2.24, 2.45) is 0 Å². The van der Waals surface area contributed by atoms with E-state index in [4.69, 9.17) is 0 Å². The Morgan fingerprint density at radius 2 is 2.00 bits per heavy atom. The molecule has 8 nitrogen and oxygen atoms in total. The van der Waals surface area contributed by atoms with Crippen molar-refractivity contribution in [3.8, 4) is 16.8 Å². The molecule has 29 heavy (non-hydrogen) atoms. The molecule has 0 aliphatic heterocycles. The van der Waals surface area contributed by atoms with Crippen molar-refractivity contribution in [1.29, 1.82) is 0 Å². The number of aromatic nitrogens is 4. The Morgan fingerprint density at radius 3 is 2.66 bits per heavy atom. The third-order valence-electron chi connectivity index (χ3n) is 4.38. The van der Waals surface area contributed by atoms with Gasteiger partial charge in [-0.2, -0.15) is 4.68 Å². The number of aliphatic hydroxyl groups is 2. The number of carbonyl (C=O) groups is 1. The monoisotopic (exact) mass is 399 g/mol. The molecule has 0 aliphatic carbocycles. The molecule has 0 aliphatic rings. The van der Waals surface area contributed by atoms with Gasteiger partial charge in [0.1, 0.15) is 11.9 Å². The zero-order chi connectivity index (χ0) is 21.1. The van der Waals surface area contributed by atoms with Crippen molar-refractivity contribution >= 4 is 5.91 Å². The lowest BCUT2D eigenvalue weighted by Crippen LogP contribution is -2.35. The molecule has 0 spiro atoms. The minimum absolute atomic E-state index is 0.182. The number of tetrazole rings is 1. The van der Waals surface area contributed by atoms with Crippen molar-refractivity contribution in [2.45, 2.75) is 32.9 Å². The van der Waals surface area contributed by atoms with Gasteiger partial charge in [-0.25, -0.2) is 4.39 Å². The summed E-state index contributed by atoms with van der Waals surface area (Å²) in [4.78, 5) is 12.7. The summed E-state index contributed by atoms with van der Waals surface area (Å²) in [6, 6.07) is 9.11. The van der Waals surface area contributed by atoms with E-state index in [-0.39, 0.29) is 18.0 Å².